The first-order valence-electron chi connectivity index (χ1n) is 4.05. The largest absolute Gasteiger partial charge is 0.323 e. The predicted molar refractivity (Wildman–Crippen MR) is 55.4 cm³/mol. The molecule has 2 heteroatoms. The van der Waals surface area contributed by atoms with Crippen molar-refractivity contribution in [3.05, 3.63) is 34.0 Å². The van der Waals surface area contributed by atoms with Crippen LogP contribution in [0, 0.1) is 6.92 Å². The summed E-state index contributed by atoms with van der Waals surface area (Å²) < 4.78 is 0. The molecule has 0 amide bonds. The second-order valence-electron chi connectivity index (χ2n) is 3.24. The molecule has 0 aromatic carbocycles. The van der Waals surface area contributed by atoms with Crippen molar-refractivity contribution in [2.45, 2.75) is 26.3 Å². The molecule has 0 aliphatic rings. The molecule has 0 unspecified atom stereocenters. The first-order valence-corrected chi connectivity index (χ1v) is 4.93. The average molecular weight is 181 g/mol. The zero-order valence-electron chi connectivity index (χ0n) is 7.63. The Hall–Kier alpha value is -0.600. The summed E-state index contributed by atoms with van der Waals surface area (Å²) in [5.74, 6) is 0. The standard InChI is InChI=1S/C10H15NS/c1-7(2)6-9(11)10-8(3)4-5-12-10/h4-5,9H,1,6,11H2,2-3H3/t9-/m0/s1. The van der Waals surface area contributed by atoms with Crippen molar-refractivity contribution in [2.75, 3.05) is 0 Å². The van der Waals surface area contributed by atoms with Gasteiger partial charge in [0.05, 0.1) is 0 Å². The van der Waals surface area contributed by atoms with Gasteiger partial charge in [-0.1, -0.05) is 5.57 Å². The van der Waals surface area contributed by atoms with E-state index < -0.39 is 0 Å². The lowest BCUT2D eigenvalue weighted by atomic mass is 10.1. The maximum absolute atomic E-state index is 5.99. The second kappa shape index (κ2) is 3.87. The Bertz CT molecular complexity index is 275. The molecule has 0 bridgehead atoms. The summed E-state index contributed by atoms with van der Waals surface area (Å²) in [6, 6.07) is 2.25. The number of rotatable bonds is 3. The lowest BCUT2D eigenvalue weighted by Crippen LogP contribution is -2.09. The van der Waals surface area contributed by atoms with E-state index in [0.717, 1.165) is 12.0 Å². The molecule has 0 saturated heterocycles. The first kappa shape index (κ1) is 9.49. The molecule has 0 aliphatic carbocycles. The highest BCUT2D eigenvalue weighted by Gasteiger charge is 2.09. The minimum absolute atomic E-state index is 0.141. The summed E-state index contributed by atoms with van der Waals surface area (Å²) in [5.41, 5.74) is 8.44. The van der Waals surface area contributed by atoms with Crippen LogP contribution >= 0.6 is 11.3 Å². The Morgan fingerprint density at radius 1 is 1.75 bits per heavy atom. The topological polar surface area (TPSA) is 26.0 Å². The van der Waals surface area contributed by atoms with Crippen molar-refractivity contribution in [1.29, 1.82) is 0 Å². The molecule has 1 aromatic rings. The molecular formula is C10H15NS. The number of hydrogen-bond acceptors (Lipinski definition) is 2. The summed E-state index contributed by atoms with van der Waals surface area (Å²) in [6.07, 6.45) is 0.890. The normalized spacial score (nSPS) is 12.9. The lowest BCUT2D eigenvalue weighted by Gasteiger charge is -2.10. The Morgan fingerprint density at radius 2 is 2.42 bits per heavy atom. The Morgan fingerprint density at radius 3 is 2.83 bits per heavy atom. The van der Waals surface area contributed by atoms with Crippen molar-refractivity contribution in [1.82, 2.24) is 0 Å². The molecule has 1 heterocycles. The third-order valence-corrected chi connectivity index (χ3v) is 2.96. The molecule has 0 spiro atoms. The highest BCUT2D eigenvalue weighted by molar-refractivity contribution is 7.10. The zero-order valence-corrected chi connectivity index (χ0v) is 8.45. The molecule has 0 fully saturated rings. The fraction of sp³-hybridized carbons (Fsp3) is 0.400. The third-order valence-electron chi connectivity index (χ3n) is 1.81. The van der Waals surface area contributed by atoms with Gasteiger partial charge in [0.15, 0.2) is 0 Å². The van der Waals surface area contributed by atoms with Crippen molar-refractivity contribution >= 4 is 11.3 Å². The molecule has 1 rings (SSSR count). The van der Waals surface area contributed by atoms with Crippen LogP contribution in [0.2, 0.25) is 0 Å². The van der Waals surface area contributed by atoms with Crippen LogP contribution in [0.3, 0.4) is 0 Å². The fourth-order valence-electron chi connectivity index (χ4n) is 1.23. The minimum atomic E-state index is 0.141. The molecule has 0 aliphatic heterocycles. The maximum atomic E-state index is 5.99. The van der Waals surface area contributed by atoms with Gasteiger partial charge in [0.2, 0.25) is 0 Å². The number of hydrogen-bond donors (Lipinski definition) is 1. The van der Waals surface area contributed by atoms with Gasteiger partial charge in [-0.3, -0.25) is 0 Å². The molecule has 0 saturated carbocycles. The quantitative estimate of drug-likeness (QED) is 0.713. The molecule has 1 nitrogen and oxygen atoms in total. The SMILES string of the molecule is C=C(C)C[C@H](N)c1sccc1C. The van der Waals surface area contributed by atoms with Gasteiger partial charge >= 0.3 is 0 Å². The highest BCUT2D eigenvalue weighted by Crippen LogP contribution is 2.25. The van der Waals surface area contributed by atoms with Gasteiger partial charge in [-0.2, -0.15) is 0 Å². The van der Waals surface area contributed by atoms with E-state index in [2.05, 4.69) is 24.9 Å². The van der Waals surface area contributed by atoms with Crippen LogP contribution in [-0.2, 0) is 0 Å². The van der Waals surface area contributed by atoms with E-state index in [1.54, 1.807) is 11.3 Å². The van der Waals surface area contributed by atoms with Crippen LogP contribution < -0.4 is 5.73 Å². The summed E-state index contributed by atoms with van der Waals surface area (Å²) in [5, 5.41) is 2.09. The number of thiophene rings is 1. The summed E-state index contributed by atoms with van der Waals surface area (Å²) in [7, 11) is 0. The van der Waals surface area contributed by atoms with Gasteiger partial charge in [-0.05, 0) is 37.3 Å². The highest BCUT2D eigenvalue weighted by atomic mass is 32.1. The molecule has 66 valence electrons. The van der Waals surface area contributed by atoms with Gasteiger partial charge in [0.25, 0.3) is 0 Å². The smallest absolute Gasteiger partial charge is 0.0429 e. The minimum Gasteiger partial charge on any atom is -0.323 e. The van der Waals surface area contributed by atoms with Gasteiger partial charge < -0.3 is 5.73 Å². The van der Waals surface area contributed by atoms with E-state index in [-0.39, 0.29) is 6.04 Å². The van der Waals surface area contributed by atoms with Crippen molar-refractivity contribution in [3.8, 4) is 0 Å². The Labute approximate surface area is 77.9 Å². The van der Waals surface area contributed by atoms with Crippen LogP contribution in [-0.4, -0.2) is 0 Å². The van der Waals surface area contributed by atoms with Crippen LogP contribution in [0.4, 0.5) is 0 Å². The lowest BCUT2D eigenvalue weighted by molar-refractivity contribution is 0.727. The monoisotopic (exact) mass is 181 g/mol. The third kappa shape index (κ3) is 2.19. The van der Waals surface area contributed by atoms with E-state index in [1.807, 2.05) is 6.92 Å². The average Bonchev–Trinajstić information content (AvgIpc) is 2.33. The summed E-state index contributed by atoms with van der Waals surface area (Å²) in [6.45, 7) is 7.98. The van der Waals surface area contributed by atoms with E-state index in [9.17, 15) is 0 Å². The van der Waals surface area contributed by atoms with Crippen LogP contribution in [0.25, 0.3) is 0 Å². The first-order chi connectivity index (χ1) is 5.61. The van der Waals surface area contributed by atoms with E-state index in [4.69, 9.17) is 5.73 Å². The van der Waals surface area contributed by atoms with E-state index >= 15 is 0 Å². The maximum Gasteiger partial charge on any atom is 0.0429 e. The van der Waals surface area contributed by atoms with Crippen LogP contribution in [0.1, 0.15) is 29.8 Å². The van der Waals surface area contributed by atoms with Crippen molar-refractivity contribution in [3.63, 3.8) is 0 Å². The number of aryl methyl sites for hydroxylation is 1. The van der Waals surface area contributed by atoms with E-state index in [1.165, 1.54) is 10.4 Å². The predicted octanol–water partition coefficient (Wildman–Crippen LogP) is 3.02. The van der Waals surface area contributed by atoms with E-state index in [0.29, 0.717) is 0 Å². The molecule has 0 radical (unpaired) electrons. The van der Waals surface area contributed by atoms with Gasteiger partial charge in [-0.25, -0.2) is 0 Å². The summed E-state index contributed by atoms with van der Waals surface area (Å²) in [4.78, 5) is 1.29. The van der Waals surface area contributed by atoms with Gasteiger partial charge in [0, 0.05) is 10.9 Å². The Balaban J connectivity index is 2.71. The molecule has 2 N–H and O–H groups in total. The Kier molecular flexibility index (Phi) is 3.06. The zero-order chi connectivity index (χ0) is 9.14. The number of nitrogens with two attached hydrogens (primary N) is 1. The molecular weight excluding hydrogens is 166 g/mol. The molecule has 1 atom stereocenters. The molecule has 1 aromatic heterocycles. The van der Waals surface area contributed by atoms with Gasteiger partial charge in [-0.15, -0.1) is 17.9 Å². The fourth-order valence-corrected chi connectivity index (χ4v) is 2.16. The van der Waals surface area contributed by atoms with Crippen LogP contribution in [0.15, 0.2) is 23.6 Å². The second-order valence-corrected chi connectivity index (χ2v) is 4.18. The molecule has 12 heavy (non-hydrogen) atoms. The van der Waals surface area contributed by atoms with Gasteiger partial charge in [0.1, 0.15) is 0 Å². The van der Waals surface area contributed by atoms with Crippen molar-refractivity contribution in [2.24, 2.45) is 5.73 Å². The summed E-state index contributed by atoms with van der Waals surface area (Å²) >= 11 is 1.73. The van der Waals surface area contributed by atoms with Crippen LogP contribution in [0.5, 0.6) is 0 Å². The van der Waals surface area contributed by atoms with Crippen molar-refractivity contribution < 1.29 is 0 Å².